The Kier molecular flexibility index (Phi) is 40.4. The normalized spacial score (nSPS) is 21.6. The summed E-state index contributed by atoms with van der Waals surface area (Å²) in [4.78, 5) is 50.4. The average Bonchev–Trinajstić information content (AvgIpc) is 1.99. The number of guanidine groups is 4. The van der Waals surface area contributed by atoms with Crippen molar-refractivity contribution in [3.8, 4) is 0 Å². The smallest absolute Gasteiger partial charge is 0.0823 e. The summed E-state index contributed by atoms with van der Waals surface area (Å²) in [7, 11) is 11.6. The van der Waals surface area contributed by atoms with Crippen LogP contribution in [0.2, 0.25) is 6.80 Å². The van der Waals surface area contributed by atoms with Crippen LogP contribution in [-0.2, 0) is 0 Å². The predicted octanol–water partition coefficient (Wildman–Crippen LogP) is 4.08. The van der Waals surface area contributed by atoms with Crippen LogP contribution in [0.1, 0.15) is 139 Å². The van der Waals surface area contributed by atoms with Crippen LogP contribution in [0.15, 0.2) is 30.0 Å². The molecule has 0 amide bonds. The molecule has 12 rings (SSSR count). The fourth-order valence-corrected chi connectivity index (χ4v) is 11.0. The molecule has 0 aromatic carbocycles. The molecular weight excluding hydrogens is 1360 g/mol. The Bertz CT molecular complexity index is 2020. The molecule has 6 saturated heterocycles. The number of hydrogen-bond donors (Lipinski definition) is 3. The molecule has 3 N–H and O–H groups in total. The van der Waals surface area contributed by atoms with Crippen molar-refractivity contribution in [1.82, 2.24) is 54.3 Å². The van der Waals surface area contributed by atoms with Crippen molar-refractivity contribution < 1.29 is 32.5 Å². The van der Waals surface area contributed by atoms with E-state index in [1.54, 1.807) is 11.8 Å². The van der Waals surface area contributed by atoms with Crippen molar-refractivity contribution in [2.45, 2.75) is 151 Å². The quantitative estimate of drug-likeness (QED) is 0.158. The maximum atomic E-state index is 6.88. The first-order valence-electron chi connectivity index (χ1n) is 34.3. The summed E-state index contributed by atoms with van der Waals surface area (Å²) in [5.74, 6) is 8.24. The third kappa shape index (κ3) is 29.2. The molecule has 0 aromatic rings. The molecule has 0 atom stereocenters. The molecule has 82 heavy (non-hydrogen) atoms. The molecule has 26 heteroatoms. The monoisotopic (exact) mass is 1490 g/mol. The Hall–Kier alpha value is -2.60. The Balaban J connectivity index is 0. The van der Waals surface area contributed by atoms with Gasteiger partial charge in [0.25, 0.3) is 0 Å². The van der Waals surface area contributed by atoms with E-state index in [9.17, 15) is 0 Å². The van der Waals surface area contributed by atoms with Crippen LogP contribution in [0.4, 0.5) is 0 Å². The van der Waals surface area contributed by atoms with Crippen LogP contribution in [0.5, 0.6) is 0 Å². The second kappa shape index (κ2) is 49.5. The molecule has 0 unspecified atom stereocenters. The molecule has 0 saturated carbocycles. The van der Waals surface area contributed by atoms with E-state index in [0.717, 1.165) is 66.1 Å². The van der Waals surface area contributed by atoms with Gasteiger partial charge in [0.2, 0.25) is 0 Å². The third-order valence-electron chi connectivity index (χ3n) is 15.2. The molecule has 462 valence electrons. The van der Waals surface area contributed by atoms with Gasteiger partial charge in [-0.2, -0.15) is 0 Å². The first-order chi connectivity index (χ1) is 42.6. The van der Waals surface area contributed by atoms with Crippen molar-refractivity contribution in [3.63, 3.8) is 0 Å². The number of amidine groups is 3. The van der Waals surface area contributed by atoms with E-state index in [1.165, 1.54) is 230 Å². The van der Waals surface area contributed by atoms with Crippen LogP contribution in [0.3, 0.4) is 0 Å². The SMILES string of the molecule is C.C1CCC2=NCCCN2CC1.C1CN=C2CCCN2C1.C1CN=C2NCCCN2C1.CC(=N)N(C)C.CC(C)N1CCCN2CCCN=C21.CCN1CCCN2CCCN=C12.CN1CCCN2CCCN=C12.[2H]B=N.[2H]I([3H])[B].[2H][B].[2H][B]C[3H].[2H][B][3H].[U]. The Morgan fingerprint density at radius 3 is 1.62 bits per heavy atom. The number of hydrogen-bond acceptors (Lipinski definition) is 18. The van der Waals surface area contributed by atoms with Gasteiger partial charge in [-0.05, 0) is 117 Å². The predicted molar refractivity (Wildman–Crippen MR) is 372 cm³/mol. The van der Waals surface area contributed by atoms with E-state index < -0.39 is 22.0 Å². The van der Waals surface area contributed by atoms with Crippen molar-refractivity contribution in [2.75, 3.05) is 172 Å². The van der Waals surface area contributed by atoms with Crippen molar-refractivity contribution in [3.05, 3.63) is 0 Å². The zero-order valence-corrected chi connectivity index (χ0v) is 58.1. The fourth-order valence-electron chi connectivity index (χ4n) is 11.0. The molecule has 0 spiro atoms. The van der Waals surface area contributed by atoms with Gasteiger partial charge in [0.15, 0.2) is 23.8 Å². The molecule has 6 fully saturated rings. The minimum absolute atomic E-state index is 0. The van der Waals surface area contributed by atoms with Gasteiger partial charge in [-0.15, -0.1) is 0 Å². The number of halogens is 1. The Morgan fingerprint density at radius 2 is 1.11 bits per heavy atom. The van der Waals surface area contributed by atoms with Crippen molar-refractivity contribution in [2.24, 2.45) is 30.0 Å². The Labute approximate surface area is 555 Å². The minimum Gasteiger partial charge on any atom is -0.0958 e. The maximum Gasteiger partial charge on any atom is 0.0823 e. The van der Waals surface area contributed by atoms with E-state index >= 15 is 0 Å². The molecule has 6 radical (unpaired) electrons. The standard InChI is InChI=1S/C10H19N3.C9H17N3.C9H16N2.C8H15N3.C7H13N3.C7H12N2.C4H10N2.CH4B.CH4.BH2I.BH2N.BH2.BH.U/c1-9(2)13-8-4-7-12-6-3-5-11-10(12)13;1-2-11-7-4-8-12-6-3-5-10-9(11)12;1-2-5-9-10-6-4-8-11(9)7-3-1;1-10-5-3-7-11-6-2-4-9-8(10)11;1-3-8-7-9-4-2-6-10(7)5-1;1-3-7-8-4-2-6-9(7)5-1;1-4(5)6(2)3;1-2;;2*1-2;;;/h9H,3-8H2,1-2H3;2-8H2,1H3;1-8H2;2-7H2,1H3;1-6H2,(H,8,9);1-6H2;5H,1-3H3;2H,1H3;1H4;2H2;1-2H;1H2;1H;/i;;;;;;;1T,2D;;2TD;1D;1TD;1D;. The fraction of sp³-hybridized carbons (Fsp3) is 0.875. The summed E-state index contributed by atoms with van der Waals surface area (Å²) in [6, 6.07) is 0.597. The summed E-state index contributed by atoms with van der Waals surface area (Å²) in [6.45, 7) is 35.3. The van der Waals surface area contributed by atoms with E-state index in [0.29, 0.717) is 27.8 Å². The van der Waals surface area contributed by atoms with Crippen LogP contribution in [0.25, 0.3) is 0 Å². The Morgan fingerprint density at radius 1 is 0.707 bits per heavy atom. The molecule has 12 aliphatic heterocycles. The summed E-state index contributed by atoms with van der Waals surface area (Å²) < 4.78 is 47.2. The maximum absolute atomic E-state index is 6.88. The van der Waals surface area contributed by atoms with E-state index in [1.807, 2.05) is 14.1 Å². The van der Waals surface area contributed by atoms with Crippen LogP contribution >= 0.6 is 22.0 Å². The second-order valence-electron chi connectivity index (χ2n) is 21.4. The number of nitrogens with one attached hydrogen (secondary N) is 3. The zero-order chi connectivity index (χ0) is 65.3. The van der Waals surface area contributed by atoms with Crippen molar-refractivity contribution in [1.29, 1.82) is 18.6 Å². The van der Waals surface area contributed by atoms with Gasteiger partial charge in [0, 0.05) is 231 Å². The van der Waals surface area contributed by atoms with Gasteiger partial charge in [0.05, 0.1) is 33.7 Å². The van der Waals surface area contributed by atoms with Crippen LogP contribution in [0, 0.1) is 41.8 Å². The molecule has 12 heterocycles. The molecule has 0 aromatic heterocycles. The van der Waals surface area contributed by atoms with Crippen molar-refractivity contribution >= 4 is 101 Å². The molecule has 0 aliphatic carbocycles. The largest absolute Gasteiger partial charge is 0.0958 e. The summed E-state index contributed by atoms with van der Waals surface area (Å²) in [5, 5.41) is 15.9. The van der Waals surface area contributed by atoms with E-state index in [2.05, 4.69) is 121 Å². The van der Waals surface area contributed by atoms with Crippen LogP contribution in [-0.4, -0.2) is 314 Å². The second-order valence-corrected chi connectivity index (χ2v) is 21.4. The first-order valence-corrected chi connectivity index (χ1v) is 31.2. The number of rotatable bonds is 2. The van der Waals surface area contributed by atoms with Gasteiger partial charge < -0.3 is 54.3 Å². The molecular formula is C56H117B5IN19U. The van der Waals surface area contributed by atoms with Gasteiger partial charge in [-0.3, -0.25) is 35.4 Å². The summed E-state index contributed by atoms with van der Waals surface area (Å²) in [5.41, 5.74) is 4.60. The zero-order valence-electron chi connectivity index (χ0n) is 59.8. The first kappa shape index (κ1) is 66.9. The third-order valence-corrected chi connectivity index (χ3v) is 15.2. The summed E-state index contributed by atoms with van der Waals surface area (Å²) >= 11 is -2.26. The van der Waals surface area contributed by atoms with Crippen LogP contribution < -0.4 is 5.32 Å². The molecule has 19 nitrogen and oxygen atoms in total. The summed E-state index contributed by atoms with van der Waals surface area (Å²) in [6.07, 6.45) is 20.5. The minimum atomic E-state index is -2.26. The number of fused-ring (bicyclic) bond motifs is 6. The number of aliphatic imine (C=N–C) groups is 6. The van der Waals surface area contributed by atoms with Gasteiger partial charge >= 0.3 is 43.1 Å². The van der Waals surface area contributed by atoms with E-state index in [4.69, 9.17) is 20.0 Å². The number of nitrogens with zero attached hydrogens (tertiary/aromatic N) is 16. The van der Waals surface area contributed by atoms with Gasteiger partial charge in [-0.25, -0.2) is 0 Å². The molecule has 12 aliphatic rings. The topological polar surface area (TPSA) is 166 Å². The van der Waals surface area contributed by atoms with Gasteiger partial charge in [-0.1, -0.05) is 20.6 Å². The van der Waals surface area contributed by atoms with Gasteiger partial charge in [0.1, 0.15) is 0 Å². The van der Waals surface area contributed by atoms with E-state index in [-0.39, 0.29) is 45.3 Å². The average molecular weight is 1490 g/mol. The molecule has 0 bridgehead atoms.